The number of rotatable bonds is 5. The molecular formula is C31H38FN5O3S. The lowest BCUT2D eigenvalue weighted by Crippen LogP contribution is -2.32. The Bertz CT molecular complexity index is 1340. The smallest absolute Gasteiger partial charge is 0.254 e. The van der Waals surface area contributed by atoms with Crippen molar-refractivity contribution in [3.63, 3.8) is 0 Å². The molecule has 1 unspecified atom stereocenters. The highest BCUT2D eigenvalue weighted by molar-refractivity contribution is 7.99. The summed E-state index contributed by atoms with van der Waals surface area (Å²) in [4.78, 5) is 36.7. The molecule has 0 aliphatic carbocycles. The molecule has 1 aromatic heterocycles. The summed E-state index contributed by atoms with van der Waals surface area (Å²) < 4.78 is 14.6. The Labute approximate surface area is 245 Å². The maximum absolute atomic E-state index is 14.6. The van der Waals surface area contributed by atoms with Crippen molar-refractivity contribution in [1.82, 2.24) is 25.5 Å². The zero-order valence-electron chi connectivity index (χ0n) is 23.7. The molecule has 218 valence electrons. The number of amides is 2. The van der Waals surface area contributed by atoms with Crippen LogP contribution < -0.4 is 10.6 Å². The number of phenolic OH excluding ortho intramolecular Hbond substituents is 1. The van der Waals surface area contributed by atoms with Crippen LogP contribution in [0.4, 0.5) is 4.39 Å². The number of hydrogen-bond acceptors (Lipinski definition) is 7. The summed E-state index contributed by atoms with van der Waals surface area (Å²) >= 11 is 1.66. The van der Waals surface area contributed by atoms with Crippen LogP contribution in [0.1, 0.15) is 61.0 Å². The third-order valence-electron chi connectivity index (χ3n) is 7.10. The Kier molecular flexibility index (Phi) is 11.1. The van der Waals surface area contributed by atoms with Crippen molar-refractivity contribution in [3.05, 3.63) is 71.3 Å². The predicted molar refractivity (Wildman–Crippen MR) is 159 cm³/mol. The van der Waals surface area contributed by atoms with Gasteiger partial charge in [0.15, 0.2) is 5.16 Å². The van der Waals surface area contributed by atoms with Crippen LogP contribution in [0.3, 0.4) is 0 Å². The van der Waals surface area contributed by atoms with Crippen LogP contribution in [-0.4, -0.2) is 63.2 Å². The minimum absolute atomic E-state index is 0.00735. The Morgan fingerprint density at radius 2 is 1.78 bits per heavy atom. The van der Waals surface area contributed by atoms with Gasteiger partial charge in [0, 0.05) is 61.4 Å². The van der Waals surface area contributed by atoms with E-state index < -0.39 is 11.7 Å². The van der Waals surface area contributed by atoms with Gasteiger partial charge in [-0.3, -0.25) is 14.5 Å². The predicted octanol–water partition coefficient (Wildman–Crippen LogP) is 4.95. The van der Waals surface area contributed by atoms with Crippen LogP contribution in [0.25, 0.3) is 11.1 Å². The average molecular weight is 580 g/mol. The van der Waals surface area contributed by atoms with E-state index >= 15 is 0 Å². The van der Waals surface area contributed by atoms with Gasteiger partial charge >= 0.3 is 0 Å². The molecule has 0 fully saturated rings. The van der Waals surface area contributed by atoms with Crippen LogP contribution in [0, 0.1) is 5.82 Å². The van der Waals surface area contributed by atoms with Crippen molar-refractivity contribution in [2.75, 3.05) is 26.2 Å². The lowest BCUT2D eigenvalue weighted by Gasteiger charge is -2.22. The van der Waals surface area contributed by atoms with Gasteiger partial charge in [0.25, 0.3) is 5.91 Å². The van der Waals surface area contributed by atoms with Crippen LogP contribution in [0.15, 0.2) is 53.9 Å². The molecule has 10 heteroatoms. The first-order valence-corrected chi connectivity index (χ1v) is 15.1. The third-order valence-corrected chi connectivity index (χ3v) is 8.26. The number of benzene rings is 2. The van der Waals surface area contributed by atoms with E-state index in [0.717, 1.165) is 22.7 Å². The molecule has 8 nitrogen and oxygen atoms in total. The van der Waals surface area contributed by atoms with Crippen LogP contribution in [-0.2, 0) is 17.8 Å². The summed E-state index contributed by atoms with van der Waals surface area (Å²) in [6.45, 7) is 7.11. The highest BCUT2D eigenvalue weighted by atomic mass is 32.2. The SMILES string of the molecule is CCC(C)Sc1ncc(CN2CCCNC(=O)c3cc(ccc3F)-c3cc(ccc3O)CCNC(=O)CCC2)cn1. The molecule has 1 aliphatic heterocycles. The molecule has 2 amide bonds. The molecule has 3 aromatic rings. The number of aromatic nitrogens is 2. The van der Waals surface area contributed by atoms with Crippen molar-refractivity contribution in [2.45, 2.75) is 62.9 Å². The Morgan fingerprint density at radius 3 is 2.56 bits per heavy atom. The molecule has 4 bridgehead atoms. The zero-order valence-corrected chi connectivity index (χ0v) is 24.5. The number of nitrogens with one attached hydrogen (secondary N) is 2. The fourth-order valence-corrected chi connectivity index (χ4v) is 5.36. The molecule has 0 saturated carbocycles. The van der Waals surface area contributed by atoms with E-state index in [1.807, 2.05) is 18.5 Å². The van der Waals surface area contributed by atoms with Crippen molar-refractivity contribution in [2.24, 2.45) is 0 Å². The fraction of sp³-hybridized carbons (Fsp3) is 0.419. The molecule has 4 rings (SSSR count). The molecule has 3 N–H and O–H groups in total. The van der Waals surface area contributed by atoms with Gasteiger partial charge < -0.3 is 15.7 Å². The Morgan fingerprint density at radius 1 is 1.00 bits per heavy atom. The second kappa shape index (κ2) is 14.9. The van der Waals surface area contributed by atoms with E-state index in [1.165, 1.54) is 12.1 Å². The molecular weight excluding hydrogens is 541 g/mol. The fourth-order valence-electron chi connectivity index (χ4n) is 4.61. The lowest BCUT2D eigenvalue weighted by atomic mass is 9.98. The summed E-state index contributed by atoms with van der Waals surface area (Å²) in [5, 5.41) is 17.5. The number of aromatic hydroxyl groups is 1. The standard InChI is InChI=1S/C31H38FN5O3S/c1-3-21(2)41-31-35-18-23(19-36-31)20-37-14-4-6-29(39)33-13-11-22-7-10-28(38)25(16-22)24-8-9-27(32)26(17-24)30(40)34-12-5-15-37/h7-10,16-19,21,38H,3-6,11-15,20H2,1-2H3,(H,33,39)(H,34,40). The van der Waals surface area contributed by atoms with Gasteiger partial charge in [-0.2, -0.15) is 0 Å². The molecule has 1 aliphatic rings. The van der Waals surface area contributed by atoms with Gasteiger partial charge in [0.1, 0.15) is 11.6 Å². The lowest BCUT2D eigenvalue weighted by molar-refractivity contribution is -0.121. The summed E-state index contributed by atoms with van der Waals surface area (Å²) in [6, 6.07) is 9.44. The highest BCUT2D eigenvalue weighted by Crippen LogP contribution is 2.31. The summed E-state index contributed by atoms with van der Waals surface area (Å²) in [7, 11) is 0. The first-order chi connectivity index (χ1) is 19.8. The summed E-state index contributed by atoms with van der Waals surface area (Å²) in [5.74, 6) is -1.09. The normalized spacial score (nSPS) is 16.6. The van der Waals surface area contributed by atoms with Crippen LogP contribution in [0.5, 0.6) is 5.75 Å². The minimum Gasteiger partial charge on any atom is -0.507 e. The van der Waals surface area contributed by atoms with Crippen LogP contribution in [0.2, 0.25) is 0 Å². The third kappa shape index (κ3) is 8.99. The average Bonchev–Trinajstić information content (AvgIpc) is 2.96. The van der Waals surface area contributed by atoms with Crippen molar-refractivity contribution < 1.29 is 19.1 Å². The van der Waals surface area contributed by atoms with Gasteiger partial charge in [0.05, 0.1) is 5.56 Å². The van der Waals surface area contributed by atoms with Crippen LogP contribution >= 0.6 is 11.8 Å². The number of carbonyl (C=O) groups excluding carboxylic acids is 2. The second-order valence-corrected chi connectivity index (χ2v) is 11.8. The maximum atomic E-state index is 14.6. The molecule has 2 aromatic carbocycles. The molecule has 0 radical (unpaired) electrons. The number of fused-ring (bicyclic) bond motifs is 5. The molecule has 0 saturated heterocycles. The number of carbonyl (C=O) groups is 2. The van der Waals surface area contributed by atoms with E-state index in [9.17, 15) is 19.1 Å². The van der Waals surface area contributed by atoms with Gasteiger partial charge in [0.2, 0.25) is 5.91 Å². The van der Waals surface area contributed by atoms with E-state index in [2.05, 4.69) is 39.3 Å². The van der Waals surface area contributed by atoms with Crippen molar-refractivity contribution in [1.29, 1.82) is 0 Å². The molecule has 1 atom stereocenters. The van der Waals surface area contributed by atoms with Gasteiger partial charge in [-0.25, -0.2) is 14.4 Å². The summed E-state index contributed by atoms with van der Waals surface area (Å²) in [5.41, 5.74) is 2.87. The number of phenols is 1. The van der Waals surface area contributed by atoms with Gasteiger partial charge in [-0.15, -0.1) is 0 Å². The minimum atomic E-state index is -0.618. The quantitative estimate of drug-likeness (QED) is 0.290. The Hall–Kier alpha value is -3.50. The zero-order chi connectivity index (χ0) is 29.2. The molecule has 0 spiro atoms. The van der Waals surface area contributed by atoms with Crippen molar-refractivity contribution in [3.8, 4) is 16.9 Å². The largest absolute Gasteiger partial charge is 0.507 e. The monoisotopic (exact) mass is 579 g/mol. The van der Waals surface area contributed by atoms with E-state index in [1.54, 1.807) is 30.0 Å². The Balaban J connectivity index is 1.47. The second-order valence-electron chi connectivity index (χ2n) is 10.3. The van der Waals surface area contributed by atoms with E-state index in [-0.39, 0.29) is 17.2 Å². The first-order valence-electron chi connectivity index (χ1n) is 14.2. The van der Waals surface area contributed by atoms with Gasteiger partial charge in [-0.1, -0.05) is 37.7 Å². The topological polar surface area (TPSA) is 107 Å². The number of halogens is 1. The molecule has 2 heterocycles. The highest BCUT2D eigenvalue weighted by Gasteiger charge is 2.16. The number of nitrogens with zero attached hydrogens (tertiary/aromatic N) is 3. The van der Waals surface area contributed by atoms with E-state index in [0.29, 0.717) is 74.8 Å². The number of thioether (sulfide) groups is 1. The molecule has 41 heavy (non-hydrogen) atoms. The van der Waals surface area contributed by atoms with Gasteiger partial charge in [-0.05, 0) is 67.6 Å². The summed E-state index contributed by atoms with van der Waals surface area (Å²) in [6.07, 6.45) is 7.05. The van der Waals surface area contributed by atoms with Crippen molar-refractivity contribution >= 4 is 23.6 Å². The first kappa shape index (κ1) is 30.5. The van der Waals surface area contributed by atoms with E-state index in [4.69, 9.17) is 0 Å². The number of hydrogen-bond donors (Lipinski definition) is 3. The maximum Gasteiger partial charge on any atom is 0.254 e.